The number of pyridine rings is 1. The van der Waals surface area contributed by atoms with Crippen LogP contribution in [-0.2, 0) is 4.79 Å². The van der Waals surface area contributed by atoms with Crippen LogP contribution in [0.1, 0.15) is 24.1 Å². The number of hydrogen-bond donors (Lipinski definition) is 1. The van der Waals surface area contributed by atoms with Gasteiger partial charge in [0.05, 0.1) is 11.0 Å². The molecular formula is C23H18N4O4. The van der Waals surface area contributed by atoms with E-state index in [1.807, 2.05) is 43.3 Å². The lowest BCUT2D eigenvalue weighted by Crippen LogP contribution is -2.27. The Morgan fingerprint density at radius 2 is 1.87 bits per heavy atom. The SMILES string of the molecule is C[C@@H](NC(=O)/C(C#N)=C\c1ccc(Oc2ccc([N+](=O)[O-])cn2)cc1)c1ccccc1. The minimum absolute atomic E-state index is 0.0199. The second-order valence-corrected chi connectivity index (χ2v) is 6.56. The molecule has 0 aliphatic carbocycles. The molecule has 1 amide bonds. The van der Waals surface area contributed by atoms with E-state index >= 15 is 0 Å². The quantitative estimate of drug-likeness (QED) is 0.262. The lowest BCUT2D eigenvalue weighted by Gasteiger charge is -2.13. The number of nitrogens with one attached hydrogen (secondary N) is 1. The van der Waals surface area contributed by atoms with Crippen molar-refractivity contribution in [2.24, 2.45) is 0 Å². The molecule has 0 spiro atoms. The highest BCUT2D eigenvalue weighted by molar-refractivity contribution is 6.01. The Morgan fingerprint density at radius 1 is 1.16 bits per heavy atom. The highest BCUT2D eigenvalue weighted by atomic mass is 16.6. The third-order valence-corrected chi connectivity index (χ3v) is 4.36. The zero-order valence-corrected chi connectivity index (χ0v) is 16.6. The predicted molar refractivity (Wildman–Crippen MR) is 114 cm³/mol. The van der Waals surface area contributed by atoms with Crippen LogP contribution in [0.4, 0.5) is 5.69 Å². The van der Waals surface area contributed by atoms with Crippen molar-refractivity contribution in [2.75, 3.05) is 0 Å². The number of hydrogen-bond acceptors (Lipinski definition) is 6. The Balaban J connectivity index is 1.66. The Morgan fingerprint density at radius 3 is 2.45 bits per heavy atom. The number of aromatic nitrogens is 1. The third-order valence-electron chi connectivity index (χ3n) is 4.36. The van der Waals surface area contributed by atoms with Crippen LogP contribution < -0.4 is 10.1 Å². The van der Waals surface area contributed by atoms with E-state index in [1.54, 1.807) is 24.3 Å². The molecule has 3 rings (SSSR count). The summed E-state index contributed by atoms with van der Waals surface area (Å²) in [6.07, 6.45) is 2.60. The average molecular weight is 414 g/mol. The lowest BCUT2D eigenvalue weighted by molar-refractivity contribution is -0.385. The Labute approximate surface area is 178 Å². The van der Waals surface area contributed by atoms with Crippen molar-refractivity contribution >= 4 is 17.7 Å². The maximum absolute atomic E-state index is 12.5. The van der Waals surface area contributed by atoms with Crippen molar-refractivity contribution in [3.8, 4) is 17.7 Å². The predicted octanol–water partition coefficient (Wildman–Crippen LogP) is 4.57. The molecule has 8 nitrogen and oxygen atoms in total. The van der Waals surface area contributed by atoms with Crippen molar-refractivity contribution in [1.82, 2.24) is 10.3 Å². The number of carbonyl (C=O) groups is 1. The summed E-state index contributed by atoms with van der Waals surface area (Å²) in [5, 5.41) is 22.9. The van der Waals surface area contributed by atoms with Crippen molar-refractivity contribution in [1.29, 1.82) is 5.26 Å². The summed E-state index contributed by atoms with van der Waals surface area (Å²) < 4.78 is 5.55. The van der Waals surface area contributed by atoms with Crippen LogP contribution in [0.5, 0.6) is 11.6 Å². The average Bonchev–Trinajstić information content (AvgIpc) is 2.79. The fraction of sp³-hybridized carbons (Fsp3) is 0.0870. The fourth-order valence-electron chi connectivity index (χ4n) is 2.71. The standard InChI is InChI=1S/C23H18N4O4/c1-16(18-5-3-2-4-6-18)26-23(28)19(14-24)13-17-7-10-21(11-8-17)31-22-12-9-20(15-25-22)27(29)30/h2-13,15-16H,1H3,(H,26,28)/b19-13-/t16-/m1/s1. The third kappa shape index (κ3) is 5.74. The van der Waals surface area contributed by atoms with E-state index in [1.165, 1.54) is 18.2 Å². The van der Waals surface area contributed by atoms with Gasteiger partial charge < -0.3 is 10.1 Å². The molecule has 1 N–H and O–H groups in total. The first-order valence-electron chi connectivity index (χ1n) is 9.32. The number of nitrogens with zero attached hydrogens (tertiary/aromatic N) is 3. The Bertz CT molecular complexity index is 1130. The van der Waals surface area contributed by atoms with E-state index in [2.05, 4.69) is 10.3 Å². The van der Waals surface area contributed by atoms with Crippen molar-refractivity contribution in [2.45, 2.75) is 13.0 Å². The monoisotopic (exact) mass is 414 g/mol. The van der Waals surface area contributed by atoms with E-state index in [0.29, 0.717) is 11.3 Å². The van der Waals surface area contributed by atoms with Crippen molar-refractivity contribution < 1.29 is 14.5 Å². The number of ether oxygens (including phenoxy) is 1. The van der Waals surface area contributed by atoms with Gasteiger partial charge in [-0.1, -0.05) is 42.5 Å². The minimum Gasteiger partial charge on any atom is -0.439 e. The highest BCUT2D eigenvalue weighted by Crippen LogP contribution is 2.22. The van der Waals surface area contributed by atoms with Gasteiger partial charge >= 0.3 is 0 Å². The van der Waals surface area contributed by atoms with Crippen LogP contribution in [0.15, 0.2) is 78.5 Å². The first-order chi connectivity index (χ1) is 15.0. The molecule has 0 aliphatic heterocycles. The van der Waals surface area contributed by atoms with Gasteiger partial charge in [0.1, 0.15) is 23.6 Å². The zero-order valence-electron chi connectivity index (χ0n) is 16.6. The molecule has 1 aromatic heterocycles. The lowest BCUT2D eigenvalue weighted by atomic mass is 10.1. The summed E-state index contributed by atoms with van der Waals surface area (Å²) in [6.45, 7) is 1.85. The molecule has 154 valence electrons. The van der Waals surface area contributed by atoms with Gasteiger partial charge in [0.25, 0.3) is 11.6 Å². The number of amides is 1. The van der Waals surface area contributed by atoms with Crippen molar-refractivity contribution in [3.63, 3.8) is 0 Å². The molecule has 0 fully saturated rings. The van der Waals surface area contributed by atoms with Crippen LogP contribution in [0.2, 0.25) is 0 Å². The van der Waals surface area contributed by atoms with E-state index in [0.717, 1.165) is 11.8 Å². The van der Waals surface area contributed by atoms with Gasteiger partial charge in [0, 0.05) is 12.1 Å². The molecule has 0 aliphatic rings. The second kappa shape index (κ2) is 9.80. The van der Waals surface area contributed by atoms with E-state index < -0.39 is 10.8 Å². The second-order valence-electron chi connectivity index (χ2n) is 6.56. The largest absolute Gasteiger partial charge is 0.439 e. The molecule has 0 saturated heterocycles. The van der Waals surface area contributed by atoms with Gasteiger partial charge in [-0.3, -0.25) is 14.9 Å². The van der Waals surface area contributed by atoms with Gasteiger partial charge in [-0.05, 0) is 36.3 Å². The molecule has 0 unspecified atom stereocenters. The smallest absolute Gasteiger partial charge is 0.287 e. The van der Waals surface area contributed by atoms with Crippen LogP contribution in [0.3, 0.4) is 0 Å². The van der Waals surface area contributed by atoms with E-state index in [9.17, 15) is 20.2 Å². The number of rotatable bonds is 7. The minimum atomic E-state index is -0.540. The summed E-state index contributed by atoms with van der Waals surface area (Å²) in [5.74, 6) is 0.203. The number of benzene rings is 2. The summed E-state index contributed by atoms with van der Waals surface area (Å²) in [5.41, 5.74) is 1.43. The Kier molecular flexibility index (Phi) is 6.71. The summed E-state index contributed by atoms with van der Waals surface area (Å²) in [4.78, 5) is 26.5. The maximum atomic E-state index is 12.5. The summed E-state index contributed by atoms with van der Waals surface area (Å²) in [6, 6.07) is 20.5. The first kappa shape index (κ1) is 21.2. The molecule has 8 heteroatoms. The summed E-state index contributed by atoms with van der Waals surface area (Å²) >= 11 is 0. The molecular weight excluding hydrogens is 396 g/mol. The van der Waals surface area contributed by atoms with Crippen LogP contribution >= 0.6 is 0 Å². The molecule has 1 heterocycles. The molecule has 3 aromatic rings. The van der Waals surface area contributed by atoms with Gasteiger partial charge in [-0.15, -0.1) is 0 Å². The van der Waals surface area contributed by atoms with Crippen molar-refractivity contribution in [3.05, 3.63) is 99.7 Å². The highest BCUT2D eigenvalue weighted by Gasteiger charge is 2.14. The normalized spacial score (nSPS) is 11.8. The number of carbonyl (C=O) groups excluding carboxylic acids is 1. The van der Waals surface area contributed by atoms with Gasteiger partial charge in [0.2, 0.25) is 5.88 Å². The maximum Gasteiger partial charge on any atom is 0.287 e. The van der Waals surface area contributed by atoms with Crippen LogP contribution in [-0.4, -0.2) is 15.8 Å². The molecule has 0 bridgehead atoms. The first-order valence-corrected chi connectivity index (χ1v) is 9.32. The van der Waals surface area contributed by atoms with Gasteiger partial charge in [0.15, 0.2) is 0 Å². The molecule has 1 atom stereocenters. The van der Waals surface area contributed by atoms with Gasteiger partial charge in [-0.2, -0.15) is 5.26 Å². The van der Waals surface area contributed by atoms with E-state index in [-0.39, 0.29) is 23.2 Å². The molecule has 0 saturated carbocycles. The molecule has 0 radical (unpaired) electrons. The van der Waals surface area contributed by atoms with Crippen LogP contribution in [0.25, 0.3) is 6.08 Å². The fourth-order valence-corrected chi connectivity index (χ4v) is 2.71. The van der Waals surface area contributed by atoms with Crippen LogP contribution in [0, 0.1) is 21.4 Å². The molecule has 31 heavy (non-hydrogen) atoms. The topological polar surface area (TPSA) is 118 Å². The summed E-state index contributed by atoms with van der Waals surface area (Å²) in [7, 11) is 0. The van der Waals surface area contributed by atoms with E-state index in [4.69, 9.17) is 4.74 Å². The van der Waals surface area contributed by atoms with Gasteiger partial charge in [-0.25, -0.2) is 4.98 Å². The zero-order chi connectivity index (χ0) is 22.2. The molecule has 2 aromatic carbocycles. The number of nitriles is 1. The Hall–Kier alpha value is -4.51. The number of nitro groups is 1.